The molecule has 0 bridgehead atoms. The van der Waals surface area contributed by atoms with E-state index >= 15 is 0 Å². The van der Waals surface area contributed by atoms with Gasteiger partial charge < -0.3 is 10.4 Å². The number of nitrogens with zero attached hydrogens (tertiary/aromatic N) is 1. The number of nitro groups is 1. The Bertz CT molecular complexity index is 405. The Morgan fingerprint density at radius 1 is 1.28 bits per heavy atom. The van der Waals surface area contributed by atoms with Crippen molar-refractivity contribution < 1.29 is 10.0 Å². The van der Waals surface area contributed by atoms with Crippen LogP contribution in [0.15, 0.2) is 24.3 Å². The van der Waals surface area contributed by atoms with Crippen molar-refractivity contribution in [2.75, 3.05) is 11.9 Å². The summed E-state index contributed by atoms with van der Waals surface area (Å²) in [5.74, 6) is 0.286. The van der Waals surface area contributed by atoms with Crippen molar-refractivity contribution in [3.8, 4) is 0 Å². The Kier molecular flexibility index (Phi) is 4.15. The van der Waals surface area contributed by atoms with Gasteiger partial charge >= 0.3 is 0 Å². The van der Waals surface area contributed by atoms with E-state index < -0.39 is 4.92 Å². The lowest BCUT2D eigenvalue weighted by atomic mass is 9.85. The van der Waals surface area contributed by atoms with Gasteiger partial charge in [0.1, 0.15) is 0 Å². The van der Waals surface area contributed by atoms with Crippen molar-refractivity contribution in [1.29, 1.82) is 0 Å². The Balaban J connectivity index is 2.01. The van der Waals surface area contributed by atoms with E-state index in [1.54, 1.807) is 12.1 Å². The average Bonchev–Trinajstić information content (AvgIpc) is 2.40. The van der Waals surface area contributed by atoms with Gasteiger partial charge in [0.2, 0.25) is 0 Å². The van der Waals surface area contributed by atoms with Gasteiger partial charge in [-0.25, -0.2) is 0 Å². The van der Waals surface area contributed by atoms with E-state index in [0.29, 0.717) is 0 Å². The zero-order chi connectivity index (χ0) is 13.0. The summed E-state index contributed by atoms with van der Waals surface area (Å²) in [6, 6.07) is 6.71. The molecule has 98 valence electrons. The maximum Gasteiger partial charge on any atom is 0.269 e. The fourth-order valence-corrected chi connectivity index (χ4v) is 2.51. The molecule has 2 rings (SSSR count). The number of hydrogen-bond acceptors (Lipinski definition) is 4. The molecule has 2 unspecified atom stereocenters. The van der Waals surface area contributed by atoms with Crippen LogP contribution in [0.25, 0.3) is 0 Å². The molecule has 2 atom stereocenters. The molecule has 0 saturated heterocycles. The largest absolute Gasteiger partial charge is 0.396 e. The Morgan fingerprint density at radius 3 is 2.56 bits per heavy atom. The van der Waals surface area contributed by atoms with Crippen molar-refractivity contribution in [2.24, 2.45) is 5.92 Å². The number of aliphatic hydroxyl groups is 1. The van der Waals surface area contributed by atoms with Gasteiger partial charge in [0, 0.05) is 36.4 Å². The molecule has 0 aliphatic heterocycles. The lowest BCUT2D eigenvalue weighted by Crippen LogP contribution is -2.34. The SMILES string of the molecule is O=[N+]([O-])c1ccc(NC2CCCCC2CO)cc1. The molecular weight excluding hydrogens is 232 g/mol. The normalized spacial score (nSPS) is 23.6. The van der Waals surface area contributed by atoms with Crippen molar-refractivity contribution in [3.05, 3.63) is 34.4 Å². The van der Waals surface area contributed by atoms with Crippen LogP contribution in [0.5, 0.6) is 0 Å². The van der Waals surface area contributed by atoms with Crippen molar-refractivity contribution in [3.63, 3.8) is 0 Å². The number of non-ortho nitro benzene ring substituents is 1. The van der Waals surface area contributed by atoms with Crippen molar-refractivity contribution in [1.82, 2.24) is 0 Å². The minimum atomic E-state index is -0.402. The lowest BCUT2D eigenvalue weighted by Gasteiger charge is -2.31. The minimum Gasteiger partial charge on any atom is -0.396 e. The highest BCUT2D eigenvalue weighted by molar-refractivity contribution is 5.49. The number of nitrogens with one attached hydrogen (secondary N) is 1. The van der Waals surface area contributed by atoms with Crippen molar-refractivity contribution >= 4 is 11.4 Å². The number of hydrogen-bond donors (Lipinski definition) is 2. The van der Waals surface area contributed by atoms with Gasteiger partial charge in [-0.2, -0.15) is 0 Å². The molecule has 0 radical (unpaired) electrons. The highest BCUT2D eigenvalue weighted by Crippen LogP contribution is 2.27. The Hall–Kier alpha value is -1.62. The molecular formula is C13H18N2O3. The third-order valence-corrected chi connectivity index (χ3v) is 3.57. The number of aliphatic hydroxyl groups excluding tert-OH is 1. The summed E-state index contributed by atoms with van der Waals surface area (Å²) in [6.45, 7) is 0.199. The summed E-state index contributed by atoms with van der Waals surface area (Å²) in [5, 5.41) is 23.2. The predicted molar refractivity (Wildman–Crippen MR) is 69.6 cm³/mol. The van der Waals surface area contributed by atoms with E-state index in [4.69, 9.17) is 0 Å². The first-order valence-electron chi connectivity index (χ1n) is 6.32. The maximum absolute atomic E-state index is 10.6. The van der Waals surface area contributed by atoms with Gasteiger partial charge in [-0.3, -0.25) is 10.1 Å². The maximum atomic E-state index is 10.6. The molecule has 5 heteroatoms. The van der Waals surface area contributed by atoms with Gasteiger partial charge in [0.05, 0.1) is 4.92 Å². The Labute approximate surface area is 106 Å². The number of nitro benzene ring substituents is 1. The van der Waals surface area contributed by atoms with Crippen LogP contribution in [-0.4, -0.2) is 22.7 Å². The number of rotatable bonds is 4. The first kappa shape index (κ1) is 12.8. The second-order valence-corrected chi connectivity index (χ2v) is 4.78. The highest BCUT2D eigenvalue weighted by Gasteiger charge is 2.24. The summed E-state index contributed by atoms with van der Waals surface area (Å²) in [6.07, 6.45) is 4.42. The third-order valence-electron chi connectivity index (χ3n) is 3.57. The molecule has 0 heterocycles. The second kappa shape index (κ2) is 5.82. The number of anilines is 1. The molecule has 1 aliphatic rings. The van der Waals surface area contributed by atoms with Crippen LogP contribution in [0, 0.1) is 16.0 Å². The van der Waals surface area contributed by atoms with E-state index in [2.05, 4.69) is 5.32 Å². The van der Waals surface area contributed by atoms with Crippen LogP contribution in [0.3, 0.4) is 0 Å². The molecule has 5 nitrogen and oxygen atoms in total. The summed E-state index contributed by atoms with van der Waals surface area (Å²) in [7, 11) is 0. The van der Waals surface area contributed by atoms with Crippen LogP contribution < -0.4 is 5.32 Å². The van der Waals surface area contributed by atoms with E-state index in [1.165, 1.54) is 25.0 Å². The molecule has 1 aromatic rings. The van der Waals surface area contributed by atoms with Gasteiger partial charge in [0.15, 0.2) is 0 Å². The molecule has 1 fully saturated rings. The molecule has 1 saturated carbocycles. The highest BCUT2D eigenvalue weighted by atomic mass is 16.6. The first-order chi connectivity index (χ1) is 8.70. The van der Waals surface area contributed by atoms with Crippen LogP contribution in [-0.2, 0) is 0 Å². The summed E-state index contributed by atoms with van der Waals surface area (Å²) >= 11 is 0. The van der Waals surface area contributed by atoms with Crippen molar-refractivity contribution in [2.45, 2.75) is 31.7 Å². The third kappa shape index (κ3) is 2.98. The summed E-state index contributed by atoms with van der Waals surface area (Å²) in [4.78, 5) is 10.2. The van der Waals surface area contributed by atoms with Gasteiger partial charge in [0.25, 0.3) is 5.69 Å². The standard InChI is InChI=1S/C13H18N2O3/c16-9-10-3-1-2-4-13(10)14-11-5-7-12(8-6-11)15(17)18/h5-8,10,13-14,16H,1-4,9H2. The smallest absolute Gasteiger partial charge is 0.269 e. The predicted octanol–water partition coefficient (Wildman–Crippen LogP) is 2.56. The average molecular weight is 250 g/mol. The first-order valence-corrected chi connectivity index (χ1v) is 6.32. The topological polar surface area (TPSA) is 75.4 Å². The second-order valence-electron chi connectivity index (χ2n) is 4.78. The van der Waals surface area contributed by atoms with Crippen LogP contribution in [0.2, 0.25) is 0 Å². The molecule has 0 amide bonds. The molecule has 18 heavy (non-hydrogen) atoms. The van der Waals surface area contributed by atoms with E-state index in [9.17, 15) is 15.2 Å². The monoisotopic (exact) mass is 250 g/mol. The van der Waals surface area contributed by atoms with Crippen LogP contribution in [0.4, 0.5) is 11.4 Å². The van der Waals surface area contributed by atoms with Gasteiger partial charge in [-0.1, -0.05) is 12.8 Å². The molecule has 2 N–H and O–H groups in total. The van der Waals surface area contributed by atoms with Gasteiger partial charge in [-0.05, 0) is 25.0 Å². The fraction of sp³-hybridized carbons (Fsp3) is 0.538. The van der Waals surface area contributed by atoms with E-state index in [-0.39, 0.29) is 24.3 Å². The van der Waals surface area contributed by atoms with E-state index in [1.807, 2.05) is 0 Å². The summed E-state index contributed by atoms with van der Waals surface area (Å²) in [5.41, 5.74) is 0.980. The molecule has 1 aliphatic carbocycles. The summed E-state index contributed by atoms with van der Waals surface area (Å²) < 4.78 is 0. The van der Waals surface area contributed by atoms with Crippen LogP contribution in [0.1, 0.15) is 25.7 Å². The minimum absolute atomic E-state index is 0.0999. The lowest BCUT2D eigenvalue weighted by molar-refractivity contribution is -0.384. The zero-order valence-electron chi connectivity index (χ0n) is 10.2. The molecule has 0 aromatic heterocycles. The molecule has 1 aromatic carbocycles. The fourth-order valence-electron chi connectivity index (χ4n) is 2.51. The Morgan fingerprint density at radius 2 is 1.94 bits per heavy atom. The number of benzene rings is 1. The van der Waals surface area contributed by atoms with Gasteiger partial charge in [-0.15, -0.1) is 0 Å². The van der Waals surface area contributed by atoms with Crippen LogP contribution >= 0.6 is 0 Å². The van der Waals surface area contributed by atoms with E-state index in [0.717, 1.165) is 18.5 Å². The molecule has 0 spiro atoms. The quantitative estimate of drug-likeness (QED) is 0.636. The zero-order valence-corrected chi connectivity index (χ0v) is 10.2.